The first kappa shape index (κ1) is 16.7. The zero-order valence-electron chi connectivity index (χ0n) is 13.1. The number of nitrogens with one attached hydrogen (secondary N) is 1. The molecule has 6 heteroatoms. The van der Waals surface area contributed by atoms with Gasteiger partial charge in [0, 0.05) is 28.5 Å². The van der Waals surface area contributed by atoms with Crippen molar-refractivity contribution in [2.45, 2.75) is 0 Å². The molecule has 0 aliphatic carbocycles. The van der Waals surface area contributed by atoms with Gasteiger partial charge in [-0.1, -0.05) is 41.9 Å². The molecule has 2 aromatic carbocycles. The average molecular weight is 352 g/mol. The number of aromatic hydroxyl groups is 1. The van der Waals surface area contributed by atoms with Gasteiger partial charge in [-0.25, -0.2) is 5.43 Å². The Bertz CT molecular complexity index is 871. The van der Waals surface area contributed by atoms with Crippen LogP contribution in [0.25, 0.3) is 0 Å². The lowest BCUT2D eigenvalue weighted by atomic mass is 10.0. The SMILES string of the molecule is O=C(NN=C(c1ccccc1)c1cccnc1)c1cc(Cl)ccc1O. The number of hydrazone groups is 1. The van der Waals surface area contributed by atoms with Crippen molar-refractivity contribution in [1.29, 1.82) is 0 Å². The molecule has 3 rings (SSSR count). The van der Waals surface area contributed by atoms with Crippen LogP contribution in [0.1, 0.15) is 21.5 Å². The molecule has 1 amide bonds. The summed E-state index contributed by atoms with van der Waals surface area (Å²) in [5.41, 5.74) is 4.66. The highest BCUT2D eigenvalue weighted by Crippen LogP contribution is 2.21. The maximum Gasteiger partial charge on any atom is 0.275 e. The summed E-state index contributed by atoms with van der Waals surface area (Å²) in [6, 6.07) is 17.3. The van der Waals surface area contributed by atoms with Gasteiger partial charge < -0.3 is 5.11 Å². The molecular formula is C19H14ClN3O2. The number of benzene rings is 2. The Morgan fingerprint density at radius 3 is 2.52 bits per heavy atom. The largest absolute Gasteiger partial charge is 0.507 e. The molecule has 3 aromatic rings. The Kier molecular flexibility index (Phi) is 5.06. The van der Waals surface area contributed by atoms with Gasteiger partial charge in [-0.3, -0.25) is 9.78 Å². The van der Waals surface area contributed by atoms with Crippen LogP contribution in [0.15, 0.2) is 78.2 Å². The van der Waals surface area contributed by atoms with Crippen molar-refractivity contribution in [3.63, 3.8) is 0 Å². The van der Waals surface area contributed by atoms with Gasteiger partial charge in [-0.2, -0.15) is 5.10 Å². The van der Waals surface area contributed by atoms with Crippen molar-refractivity contribution in [1.82, 2.24) is 10.4 Å². The van der Waals surface area contributed by atoms with Gasteiger partial charge in [-0.05, 0) is 30.3 Å². The summed E-state index contributed by atoms with van der Waals surface area (Å²) in [6.07, 6.45) is 3.32. The Morgan fingerprint density at radius 2 is 1.80 bits per heavy atom. The van der Waals surface area contributed by atoms with E-state index in [-0.39, 0.29) is 11.3 Å². The molecule has 0 unspecified atom stereocenters. The first-order valence-electron chi connectivity index (χ1n) is 7.47. The summed E-state index contributed by atoms with van der Waals surface area (Å²) in [6.45, 7) is 0. The fourth-order valence-corrected chi connectivity index (χ4v) is 2.42. The predicted octanol–water partition coefficient (Wildman–Crippen LogP) is 3.62. The second-order valence-electron chi connectivity index (χ2n) is 5.17. The first-order chi connectivity index (χ1) is 12.1. The standard InChI is InChI=1S/C19H14ClN3O2/c20-15-8-9-17(24)16(11-15)19(25)23-22-18(13-5-2-1-3-6-13)14-7-4-10-21-12-14/h1-12,24H,(H,23,25). The molecule has 25 heavy (non-hydrogen) atoms. The van der Waals surface area contributed by atoms with Gasteiger partial charge in [0.2, 0.25) is 0 Å². The highest BCUT2D eigenvalue weighted by atomic mass is 35.5. The summed E-state index contributed by atoms with van der Waals surface area (Å²) in [5, 5.41) is 14.4. The third kappa shape index (κ3) is 4.02. The molecule has 0 saturated heterocycles. The van der Waals surface area contributed by atoms with Crippen LogP contribution in [0.2, 0.25) is 5.02 Å². The molecule has 0 atom stereocenters. The predicted molar refractivity (Wildman–Crippen MR) is 96.9 cm³/mol. The fourth-order valence-electron chi connectivity index (χ4n) is 2.25. The maximum atomic E-state index is 12.3. The molecule has 0 aliphatic rings. The Hall–Kier alpha value is -3.18. The topological polar surface area (TPSA) is 74.6 Å². The normalized spacial score (nSPS) is 11.2. The number of nitrogens with zero attached hydrogens (tertiary/aromatic N) is 2. The van der Waals surface area contributed by atoms with Crippen LogP contribution >= 0.6 is 11.6 Å². The molecule has 5 nitrogen and oxygen atoms in total. The first-order valence-corrected chi connectivity index (χ1v) is 7.85. The van der Waals surface area contributed by atoms with Crippen LogP contribution in [0.5, 0.6) is 5.75 Å². The molecule has 0 spiro atoms. The fraction of sp³-hybridized carbons (Fsp3) is 0. The molecule has 0 saturated carbocycles. The van der Waals surface area contributed by atoms with Crippen molar-refractivity contribution >= 4 is 23.2 Å². The number of phenolic OH excluding ortho intramolecular Hbond substituents is 1. The number of pyridine rings is 1. The minimum atomic E-state index is -0.558. The number of phenols is 1. The smallest absolute Gasteiger partial charge is 0.275 e. The average Bonchev–Trinajstić information content (AvgIpc) is 2.65. The molecular weight excluding hydrogens is 338 g/mol. The van der Waals surface area contributed by atoms with E-state index in [9.17, 15) is 9.90 Å². The van der Waals surface area contributed by atoms with Crippen molar-refractivity contribution in [3.05, 3.63) is 94.8 Å². The van der Waals surface area contributed by atoms with Crippen LogP contribution in [0.3, 0.4) is 0 Å². The molecule has 0 fully saturated rings. The van der Waals surface area contributed by atoms with Gasteiger partial charge in [0.15, 0.2) is 0 Å². The number of amides is 1. The maximum absolute atomic E-state index is 12.3. The van der Waals surface area contributed by atoms with Crippen LogP contribution < -0.4 is 5.43 Å². The van der Waals surface area contributed by atoms with Gasteiger partial charge in [0.1, 0.15) is 5.75 Å². The lowest BCUT2D eigenvalue weighted by molar-refractivity contribution is 0.0952. The van der Waals surface area contributed by atoms with E-state index in [0.29, 0.717) is 10.7 Å². The number of carbonyl (C=O) groups excluding carboxylic acids is 1. The summed E-state index contributed by atoms with van der Waals surface area (Å²) in [5.74, 6) is -0.725. The van der Waals surface area contributed by atoms with Crippen molar-refractivity contribution in [3.8, 4) is 5.75 Å². The van der Waals surface area contributed by atoms with Crippen molar-refractivity contribution in [2.75, 3.05) is 0 Å². The molecule has 0 aliphatic heterocycles. The monoisotopic (exact) mass is 351 g/mol. The summed E-state index contributed by atoms with van der Waals surface area (Å²) in [7, 11) is 0. The van der Waals surface area contributed by atoms with E-state index in [1.807, 2.05) is 36.4 Å². The summed E-state index contributed by atoms with van der Waals surface area (Å²) >= 11 is 5.88. The number of halogens is 1. The minimum Gasteiger partial charge on any atom is -0.507 e. The number of aromatic nitrogens is 1. The minimum absolute atomic E-state index is 0.0508. The number of hydrogen-bond acceptors (Lipinski definition) is 4. The van der Waals surface area contributed by atoms with E-state index in [0.717, 1.165) is 11.1 Å². The van der Waals surface area contributed by atoms with Crippen LogP contribution in [0, 0.1) is 0 Å². The Labute approximate surface area is 149 Å². The third-order valence-electron chi connectivity index (χ3n) is 3.45. The molecule has 1 aromatic heterocycles. The summed E-state index contributed by atoms with van der Waals surface area (Å²) in [4.78, 5) is 16.4. The zero-order valence-corrected chi connectivity index (χ0v) is 13.8. The highest BCUT2D eigenvalue weighted by molar-refractivity contribution is 6.31. The lowest BCUT2D eigenvalue weighted by Crippen LogP contribution is -2.20. The van der Waals surface area contributed by atoms with E-state index >= 15 is 0 Å². The molecule has 2 N–H and O–H groups in total. The van der Waals surface area contributed by atoms with Crippen LogP contribution in [-0.4, -0.2) is 21.7 Å². The van der Waals surface area contributed by atoms with E-state index in [4.69, 9.17) is 11.6 Å². The van der Waals surface area contributed by atoms with E-state index in [1.165, 1.54) is 18.2 Å². The molecule has 0 bridgehead atoms. The Morgan fingerprint density at radius 1 is 1.04 bits per heavy atom. The zero-order chi connectivity index (χ0) is 17.6. The number of carbonyl (C=O) groups is 1. The third-order valence-corrected chi connectivity index (χ3v) is 3.69. The van der Waals surface area contributed by atoms with Crippen LogP contribution in [-0.2, 0) is 0 Å². The van der Waals surface area contributed by atoms with E-state index < -0.39 is 5.91 Å². The second kappa shape index (κ2) is 7.59. The lowest BCUT2D eigenvalue weighted by Gasteiger charge is -2.08. The molecule has 1 heterocycles. The van der Waals surface area contributed by atoms with E-state index in [1.54, 1.807) is 18.5 Å². The van der Waals surface area contributed by atoms with Gasteiger partial charge in [-0.15, -0.1) is 0 Å². The second-order valence-corrected chi connectivity index (χ2v) is 5.61. The van der Waals surface area contributed by atoms with Gasteiger partial charge >= 0.3 is 0 Å². The van der Waals surface area contributed by atoms with Crippen molar-refractivity contribution < 1.29 is 9.90 Å². The van der Waals surface area contributed by atoms with Crippen LogP contribution in [0.4, 0.5) is 0 Å². The summed E-state index contributed by atoms with van der Waals surface area (Å²) < 4.78 is 0. The molecule has 0 radical (unpaired) electrons. The Balaban J connectivity index is 1.94. The molecule has 124 valence electrons. The quantitative estimate of drug-likeness (QED) is 0.557. The van der Waals surface area contributed by atoms with Crippen molar-refractivity contribution in [2.24, 2.45) is 5.10 Å². The van der Waals surface area contributed by atoms with E-state index in [2.05, 4.69) is 15.5 Å². The van der Waals surface area contributed by atoms with Gasteiger partial charge in [0.05, 0.1) is 11.3 Å². The van der Waals surface area contributed by atoms with Gasteiger partial charge in [0.25, 0.3) is 5.91 Å². The number of rotatable bonds is 4. The number of hydrogen-bond donors (Lipinski definition) is 2. The highest BCUT2D eigenvalue weighted by Gasteiger charge is 2.13.